The lowest BCUT2D eigenvalue weighted by Gasteiger charge is -2.38. The number of likely N-dealkylation sites (tertiary alicyclic amines) is 1. The van der Waals surface area contributed by atoms with Crippen molar-refractivity contribution in [2.24, 2.45) is 0 Å². The predicted octanol–water partition coefficient (Wildman–Crippen LogP) is 6.41. The summed E-state index contributed by atoms with van der Waals surface area (Å²) in [6.07, 6.45) is 5.09. The average Bonchev–Trinajstić information content (AvgIpc) is 3.58. The van der Waals surface area contributed by atoms with Crippen LogP contribution in [0, 0.1) is 12.7 Å². The quantitative estimate of drug-likeness (QED) is 0.149. The van der Waals surface area contributed by atoms with Gasteiger partial charge in [-0.25, -0.2) is 9.37 Å². The molecule has 12 heteroatoms. The monoisotopic (exact) mass is 721 g/mol. The zero-order valence-corrected chi connectivity index (χ0v) is 31.1. The number of nitrogens with one attached hydrogen (secondary N) is 1. The molecule has 2 aliphatic rings. The number of methoxy groups -OCH3 is 2. The lowest BCUT2D eigenvalue weighted by molar-refractivity contribution is -0.00836. The van der Waals surface area contributed by atoms with E-state index in [9.17, 15) is 5.11 Å². The Balaban J connectivity index is 1.29. The van der Waals surface area contributed by atoms with Gasteiger partial charge in [-0.2, -0.15) is 9.97 Å². The maximum Gasteiger partial charge on any atom is 0.317 e. The number of aromatic nitrogens is 4. The third-order valence-electron chi connectivity index (χ3n) is 10.5. The molecule has 2 fully saturated rings. The first-order valence-electron chi connectivity index (χ1n) is 18.3. The van der Waals surface area contributed by atoms with E-state index in [1.165, 1.54) is 0 Å². The van der Waals surface area contributed by atoms with E-state index in [0.717, 1.165) is 54.0 Å². The van der Waals surface area contributed by atoms with Crippen LogP contribution in [-0.2, 0) is 13.1 Å². The third kappa shape index (κ3) is 8.04. The fourth-order valence-corrected chi connectivity index (χ4v) is 7.38. The van der Waals surface area contributed by atoms with Crippen LogP contribution in [0.1, 0.15) is 61.0 Å². The second-order valence-corrected chi connectivity index (χ2v) is 14.5. The molecule has 0 aliphatic carbocycles. The van der Waals surface area contributed by atoms with Crippen molar-refractivity contribution in [1.29, 1.82) is 0 Å². The first-order chi connectivity index (χ1) is 25.6. The van der Waals surface area contributed by atoms with E-state index in [0.29, 0.717) is 55.3 Å². The number of halogens is 1. The number of benzene rings is 2. The van der Waals surface area contributed by atoms with Crippen molar-refractivity contribution in [3.63, 3.8) is 0 Å². The topological polar surface area (TPSA) is 118 Å². The first-order valence-corrected chi connectivity index (χ1v) is 18.3. The van der Waals surface area contributed by atoms with Crippen LogP contribution in [0.4, 0.5) is 10.2 Å². The van der Waals surface area contributed by atoms with Gasteiger partial charge < -0.3 is 34.4 Å². The molecule has 7 rings (SSSR count). The van der Waals surface area contributed by atoms with E-state index >= 15 is 4.39 Å². The number of pyridine rings is 2. The lowest BCUT2D eigenvalue weighted by atomic mass is 9.84. The Morgan fingerprint density at radius 3 is 2.25 bits per heavy atom. The first kappa shape index (κ1) is 36.4. The number of hydrogen-bond acceptors (Lipinski definition) is 11. The standard InChI is InChI=1S/C41H48FN7O4/c1-26-20-33(45-34(21-26)49(23-27-9-13-30(51-4)14-10-27)24-28-11-15-31(52-5)16-12-28)38-35(42)36-32(22-44-38)37(39-41(2,50)17-7-18-43-39)47-40(46-36)53-25-29-8-6-19-48(29)3/h9-16,20-22,29,39,43,50H,6-8,17-19,23-25H2,1-5H3/t29-,39?,41?/m0/s1. The molecule has 0 spiro atoms. The highest BCUT2D eigenvalue weighted by atomic mass is 19.1. The summed E-state index contributed by atoms with van der Waals surface area (Å²) in [6.45, 7) is 6.92. The van der Waals surface area contributed by atoms with E-state index in [1.807, 2.05) is 67.6 Å². The molecule has 5 heterocycles. The van der Waals surface area contributed by atoms with Crippen molar-refractivity contribution in [3.05, 3.63) is 95.1 Å². The van der Waals surface area contributed by atoms with Gasteiger partial charge >= 0.3 is 6.01 Å². The van der Waals surface area contributed by atoms with Gasteiger partial charge in [0.2, 0.25) is 0 Å². The number of aliphatic hydroxyl groups is 1. The summed E-state index contributed by atoms with van der Waals surface area (Å²) in [5, 5.41) is 15.3. The molecule has 3 aromatic heterocycles. The minimum Gasteiger partial charge on any atom is -0.497 e. The Bertz CT molecular complexity index is 1990. The zero-order valence-electron chi connectivity index (χ0n) is 31.1. The van der Waals surface area contributed by atoms with E-state index in [4.69, 9.17) is 24.2 Å². The predicted molar refractivity (Wildman–Crippen MR) is 203 cm³/mol. The van der Waals surface area contributed by atoms with Gasteiger partial charge in [0.05, 0.1) is 37.3 Å². The summed E-state index contributed by atoms with van der Waals surface area (Å²) >= 11 is 0. The average molecular weight is 722 g/mol. The van der Waals surface area contributed by atoms with Crippen LogP contribution in [-0.4, -0.2) is 82.5 Å². The van der Waals surface area contributed by atoms with Gasteiger partial charge in [0.15, 0.2) is 5.82 Å². The van der Waals surface area contributed by atoms with Gasteiger partial charge in [-0.15, -0.1) is 0 Å². The fourth-order valence-electron chi connectivity index (χ4n) is 7.38. The van der Waals surface area contributed by atoms with Gasteiger partial charge in [0.25, 0.3) is 0 Å². The van der Waals surface area contributed by atoms with Crippen LogP contribution in [0.2, 0.25) is 0 Å². The van der Waals surface area contributed by atoms with Gasteiger partial charge in [-0.3, -0.25) is 4.98 Å². The lowest BCUT2D eigenvalue weighted by Crippen LogP contribution is -2.47. The molecule has 0 amide bonds. The molecule has 2 aliphatic heterocycles. The summed E-state index contributed by atoms with van der Waals surface area (Å²) in [4.78, 5) is 23.5. The molecule has 53 heavy (non-hydrogen) atoms. The SMILES string of the molecule is COc1ccc(CN(Cc2ccc(OC)cc2)c2cc(C)cc(-c3ncc4c(C5NCCCC5(C)O)nc(OC[C@@H]5CCCN5C)nc4c3F)n2)cc1. The number of fused-ring (bicyclic) bond motifs is 1. The van der Waals surface area contributed by atoms with Crippen LogP contribution < -0.4 is 24.4 Å². The van der Waals surface area contributed by atoms with E-state index in [-0.39, 0.29) is 23.3 Å². The van der Waals surface area contributed by atoms with Crippen LogP contribution in [0.3, 0.4) is 0 Å². The molecule has 5 aromatic rings. The minimum atomic E-state index is -1.11. The smallest absolute Gasteiger partial charge is 0.317 e. The number of anilines is 1. The van der Waals surface area contributed by atoms with Gasteiger partial charge in [0.1, 0.15) is 35.1 Å². The number of nitrogens with zero attached hydrogens (tertiary/aromatic N) is 6. The van der Waals surface area contributed by atoms with Gasteiger partial charge in [0, 0.05) is 30.7 Å². The largest absolute Gasteiger partial charge is 0.497 e. The van der Waals surface area contributed by atoms with Crippen molar-refractivity contribution in [1.82, 2.24) is 30.2 Å². The summed E-state index contributed by atoms with van der Waals surface area (Å²) in [5.74, 6) is 1.60. The Kier molecular flexibility index (Phi) is 10.7. The highest BCUT2D eigenvalue weighted by molar-refractivity contribution is 5.85. The molecular weight excluding hydrogens is 673 g/mol. The number of rotatable bonds is 12. The minimum absolute atomic E-state index is 0.0748. The summed E-state index contributed by atoms with van der Waals surface area (Å²) in [5.41, 5.74) is 2.92. The molecule has 3 atom stereocenters. The van der Waals surface area contributed by atoms with Crippen LogP contribution in [0.5, 0.6) is 17.5 Å². The molecule has 0 saturated carbocycles. The Morgan fingerprint density at radius 1 is 0.962 bits per heavy atom. The highest BCUT2D eigenvalue weighted by Crippen LogP contribution is 2.38. The molecular formula is C41H48FN7O4. The highest BCUT2D eigenvalue weighted by Gasteiger charge is 2.38. The Morgan fingerprint density at radius 2 is 1.64 bits per heavy atom. The van der Waals surface area contributed by atoms with Crippen molar-refractivity contribution >= 4 is 16.7 Å². The molecule has 11 nitrogen and oxygen atoms in total. The van der Waals surface area contributed by atoms with Gasteiger partial charge in [-0.05, 0) is 113 Å². The van der Waals surface area contributed by atoms with Crippen molar-refractivity contribution in [2.45, 2.75) is 70.3 Å². The van der Waals surface area contributed by atoms with E-state index in [1.54, 1.807) is 27.3 Å². The summed E-state index contributed by atoms with van der Waals surface area (Å²) in [7, 11) is 5.37. The number of aryl methyl sites for hydroxylation is 1. The number of ether oxygens (including phenoxy) is 3. The van der Waals surface area contributed by atoms with Crippen molar-refractivity contribution in [3.8, 4) is 28.9 Å². The van der Waals surface area contributed by atoms with E-state index in [2.05, 4.69) is 32.1 Å². The molecule has 2 N–H and O–H groups in total. The third-order valence-corrected chi connectivity index (χ3v) is 10.5. The van der Waals surface area contributed by atoms with Crippen LogP contribution >= 0.6 is 0 Å². The normalized spacial score (nSPS) is 20.4. The second kappa shape index (κ2) is 15.6. The Labute approximate surface area is 310 Å². The molecule has 2 aromatic carbocycles. The van der Waals surface area contributed by atoms with Crippen molar-refractivity contribution < 1.29 is 23.7 Å². The number of piperidine rings is 1. The summed E-state index contributed by atoms with van der Waals surface area (Å²) in [6, 6.07) is 19.4. The van der Waals surface area contributed by atoms with E-state index < -0.39 is 17.5 Å². The summed E-state index contributed by atoms with van der Waals surface area (Å²) < 4.78 is 34.0. The number of hydrogen-bond donors (Lipinski definition) is 2. The second-order valence-electron chi connectivity index (χ2n) is 14.5. The molecule has 0 bridgehead atoms. The fraction of sp³-hybridized carbons (Fsp3) is 0.415. The Hall–Kier alpha value is -4.91. The zero-order chi connectivity index (χ0) is 37.1. The van der Waals surface area contributed by atoms with Gasteiger partial charge in [-0.1, -0.05) is 24.3 Å². The maximum absolute atomic E-state index is 17.0. The molecule has 278 valence electrons. The molecule has 0 radical (unpaired) electrons. The van der Waals surface area contributed by atoms with Crippen LogP contribution in [0.15, 0.2) is 66.9 Å². The van der Waals surface area contributed by atoms with Crippen LogP contribution in [0.25, 0.3) is 22.3 Å². The maximum atomic E-state index is 17.0. The molecule has 2 saturated heterocycles. The molecule has 2 unspecified atom stereocenters. The number of likely N-dealkylation sites (N-methyl/N-ethyl adjacent to an activating group) is 1. The van der Waals surface area contributed by atoms with Crippen molar-refractivity contribution in [2.75, 3.05) is 45.9 Å².